The van der Waals surface area contributed by atoms with E-state index in [2.05, 4.69) is 5.32 Å². The van der Waals surface area contributed by atoms with E-state index in [1.807, 2.05) is 0 Å². The summed E-state index contributed by atoms with van der Waals surface area (Å²) >= 11 is 0. The fraction of sp³-hybridized carbons (Fsp3) is 0.278. The summed E-state index contributed by atoms with van der Waals surface area (Å²) < 4.78 is 28.9. The number of anilines is 1. The van der Waals surface area contributed by atoms with Gasteiger partial charge in [-0.15, -0.1) is 0 Å². The Morgan fingerprint density at radius 3 is 2.67 bits per heavy atom. The molecule has 128 valence electrons. The van der Waals surface area contributed by atoms with Crippen molar-refractivity contribution in [1.82, 2.24) is 0 Å². The van der Waals surface area contributed by atoms with Gasteiger partial charge in [-0.05, 0) is 29.8 Å². The largest absolute Gasteiger partial charge is 0.494 e. The van der Waals surface area contributed by atoms with Crippen molar-refractivity contribution in [2.45, 2.75) is 6.42 Å². The molecule has 5 nitrogen and oxygen atoms in total. The van der Waals surface area contributed by atoms with E-state index in [9.17, 15) is 9.18 Å². The Kier molecular flexibility index (Phi) is 6.57. The van der Waals surface area contributed by atoms with Crippen LogP contribution in [0.5, 0.6) is 11.5 Å². The molecule has 0 fully saturated rings. The van der Waals surface area contributed by atoms with Gasteiger partial charge in [0.25, 0.3) is 0 Å². The minimum Gasteiger partial charge on any atom is -0.494 e. The van der Waals surface area contributed by atoms with Gasteiger partial charge < -0.3 is 19.5 Å². The summed E-state index contributed by atoms with van der Waals surface area (Å²) in [6, 6.07) is 11.5. The fourth-order valence-corrected chi connectivity index (χ4v) is 2.12. The summed E-state index contributed by atoms with van der Waals surface area (Å²) in [5.41, 5.74) is 1.18. The highest BCUT2D eigenvalue weighted by Gasteiger charge is 2.08. The summed E-state index contributed by atoms with van der Waals surface area (Å²) in [6.07, 6.45) is 0.0652. The lowest BCUT2D eigenvalue weighted by Gasteiger charge is -2.09. The second-order valence-electron chi connectivity index (χ2n) is 5.06. The van der Waals surface area contributed by atoms with Crippen LogP contribution in [0.3, 0.4) is 0 Å². The van der Waals surface area contributed by atoms with Crippen LogP contribution in [0.2, 0.25) is 0 Å². The molecule has 0 atom stereocenters. The summed E-state index contributed by atoms with van der Waals surface area (Å²) in [5.74, 6) is 0.0605. The Morgan fingerprint density at radius 1 is 1.12 bits per heavy atom. The first-order valence-electron chi connectivity index (χ1n) is 7.46. The number of rotatable bonds is 8. The molecule has 0 aliphatic heterocycles. The lowest BCUT2D eigenvalue weighted by molar-refractivity contribution is -0.115. The predicted molar refractivity (Wildman–Crippen MR) is 89.1 cm³/mol. The number of carbonyl (C=O) groups excluding carboxylic acids is 1. The second-order valence-corrected chi connectivity index (χ2v) is 5.06. The normalized spacial score (nSPS) is 10.3. The lowest BCUT2D eigenvalue weighted by atomic mass is 10.1. The van der Waals surface area contributed by atoms with Crippen LogP contribution in [0, 0.1) is 5.82 Å². The Balaban J connectivity index is 1.94. The van der Waals surface area contributed by atoms with Crippen molar-refractivity contribution in [3.05, 3.63) is 53.8 Å². The third kappa shape index (κ3) is 5.24. The average Bonchev–Trinajstić information content (AvgIpc) is 2.55. The molecule has 1 amide bonds. The van der Waals surface area contributed by atoms with E-state index in [0.29, 0.717) is 30.2 Å². The van der Waals surface area contributed by atoms with Gasteiger partial charge in [-0.2, -0.15) is 0 Å². The van der Waals surface area contributed by atoms with Crippen LogP contribution in [0.4, 0.5) is 10.1 Å². The lowest BCUT2D eigenvalue weighted by Crippen LogP contribution is -2.14. The van der Waals surface area contributed by atoms with Gasteiger partial charge in [-0.1, -0.05) is 12.1 Å². The zero-order valence-electron chi connectivity index (χ0n) is 13.7. The van der Waals surface area contributed by atoms with E-state index in [-0.39, 0.29) is 18.1 Å². The zero-order valence-corrected chi connectivity index (χ0v) is 13.7. The first kappa shape index (κ1) is 17.7. The van der Waals surface area contributed by atoms with Gasteiger partial charge >= 0.3 is 0 Å². The smallest absolute Gasteiger partial charge is 0.228 e. The highest BCUT2D eigenvalue weighted by molar-refractivity contribution is 5.92. The van der Waals surface area contributed by atoms with Gasteiger partial charge in [0.05, 0.1) is 20.1 Å². The van der Waals surface area contributed by atoms with Crippen LogP contribution in [-0.2, 0) is 16.0 Å². The van der Waals surface area contributed by atoms with Gasteiger partial charge in [0.15, 0.2) is 11.6 Å². The number of ether oxygens (including phenoxy) is 3. The molecule has 2 aromatic rings. The average molecular weight is 333 g/mol. The Hall–Kier alpha value is -2.60. The number of nitrogens with one attached hydrogen (secondary N) is 1. The van der Waals surface area contributed by atoms with Crippen molar-refractivity contribution in [3.8, 4) is 11.5 Å². The molecule has 24 heavy (non-hydrogen) atoms. The maximum atomic E-state index is 13.6. The Labute approximate surface area is 140 Å². The molecule has 0 radical (unpaired) electrons. The van der Waals surface area contributed by atoms with E-state index < -0.39 is 5.82 Å². The third-order valence-corrected chi connectivity index (χ3v) is 3.25. The standard InChI is InChI=1S/C18H20FNO4/c1-22-8-9-24-15-5-3-4-14(12-15)20-18(21)11-13-6-7-17(23-2)16(19)10-13/h3-7,10,12H,8-9,11H2,1-2H3,(H,20,21). The van der Waals surface area contributed by atoms with E-state index in [1.165, 1.54) is 19.2 Å². The highest BCUT2D eigenvalue weighted by Crippen LogP contribution is 2.20. The van der Waals surface area contributed by atoms with E-state index in [0.717, 1.165) is 0 Å². The van der Waals surface area contributed by atoms with Crippen LogP contribution in [0.15, 0.2) is 42.5 Å². The van der Waals surface area contributed by atoms with Gasteiger partial charge in [0.1, 0.15) is 12.4 Å². The van der Waals surface area contributed by atoms with Crippen LogP contribution < -0.4 is 14.8 Å². The monoisotopic (exact) mass is 333 g/mol. The Bertz CT molecular complexity index is 690. The molecule has 0 heterocycles. The molecule has 1 N–H and O–H groups in total. The molecular formula is C18H20FNO4. The molecular weight excluding hydrogens is 313 g/mol. The molecule has 0 unspecified atom stereocenters. The fourth-order valence-electron chi connectivity index (χ4n) is 2.12. The SMILES string of the molecule is COCCOc1cccc(NC(=O)Cc2ccc(OC)c(F)c2)c1. The molecule has 0 bridgehead atoms. The van der Waals surface area contributed by atoms with Crippen molar-refractivity contribution >= 4 is 11.6 Å². The third-order valence-electron chi connectivity index (χ3n) is 3.25. The summed E-state index contributed by atoms with van der Waals surface area (Å²) in [5, 5.41) is 2.77. The number of benzene rings is 2. The summed E-state index contributed by atoms with van der Waals surface area (Å²) in [6.45, 7) is 0.915. The number of hydrogen-bond acceptors (Lipinski definition) is 4. The zero-order chi connectivity index (χ0) is 17.4. The molecule has 0 saturated carbocycles. The number of amides is 1. The van der Waals surface area contributed by atoms with Gasteiger partial charge in [-0.3, -0.25) is 4.79 Å². The second kappa shape index (κ2) is 8.88. The first-order valence-corrected chi connectivity index (χ1v) is 7.46. The quantitative estimate of drug-likeness (QED) is 0.755. The van der Waals surface area contributed by atoms with Crippen molar-refractivity contribution in [2.75, 3.05) is 32.8 Å². The molecule has 6 heteroatoms. The highest BCUT2D eigenvalue weighted by atomic mass is 19.1. The van der Waals surface area contributed by atoms with E-state index >= 15 is 0 Å². The van der Waals surface area contributed by atoms with Crippen LogP contribution in [-0.4, -0.2) is 33.3 Å². The molecule has 0 aliphatic carbocycles. The maximum Gasteiger partial charge on any atom is 0.228 e. The van der Waals surface area contributed by atoms with Crippen LogP contribution in [0.25, 0.3) is 0 Å². The van der Waals surface area contributed by atoms with Gasteiger partial charge in [-0.25, -0.2) is 4.39 Å². The van der Waals surface area contributed by atoms with Crippen LogP contribution >= 0.6 is 0 Å². The summed E-state index contributed by atoms with van der Waals surface area (Å²) in [4.78, 5) is 12.1. The molecule has 0 aliphatic rings. The van der Waals surface area contributed by atoms with Gasteiger partial charge in [0, 0.05) is 18.9 Å². The maximum absolute atomic E-state index is 13.6. The number of carbonyl (C=O) groups is 1. The molecule has 2 rings (SSSR count). The van der Waals surface area contributed by atoms with E-state index in [1.54, 1.807) is 37.4 Å². The van der Waals surface area contributed by atoms with Crippen molar-refractivity contribution < 1.29 is 23.4 Å². The molecule has 0 spiro atoms. The van der Waals surface area contributed by atoms with Crippen LogP contribution in [0.1, 0.15) is 5.56 Å². The Morgan fingerprint density at radius 2 is 1.96 bits per heavy atom. The predicted octanol–water partition coefficient (Wildman–Crippen LogP) is 3.04. The molecule has 0 saturated heterocycles. The molecule has 2 aromatic carbocycles. The van der Waals surface area contributed by atoms with Crippen molar-refractivity contribution in [1.29, 1.82) is 0 Å². The van der Waals surface area contributed by atoms with E-state index in [4.69, 9.17) is 14.2 Å². The van der Waals surface area contributed by atoms with Crippen molar-refractivity contribution in [3.63, 3.8) is 0 Å². The number of hydrogen-bond donors (Lipinski definition) is 1. The minimum absolute atomic E-state index is 0.0652. The first-order chi connectivity index (χ1) is 11.6. The number of methoxy groups -OCH3 is 2. The summed E-state index contributed by atoms with van der Waals surface area (Å²) in [7, 11) is 2.99. The van der Waals surface area contributed by atoms with Crippen molar-refractivity contribution in [2.24, 2.45) is 0 Å². The molecule has 0 aromatic heterocycles. The minimum atomic E-state index is -0.489. The number of halogens is 1. The topological polar surface area (TPSA) is 56.8 Å². The van der Waals surface area contributed by atoms with Gasteiger partial charge in [0.2, 0.25) is 5.91 Å².